The van der Waals surface area contributed by atoms with Crippen LogP contribution in [0, 0.1) is 0 Å². The zero-order chi connectivity index (χ0) is 18.7. The van der Waals surface area contributed by atoms with E-state index in [0.717, 1.165) is 25.6 Å². The van der Waals surface area contributed by atoms with Crippen molar-refractivity contribution < 1.29 is 4.74 Å². The van der Waals surface area contributed by atoms with Gasteiger partial charge in [0.05, 0.1) is 13.2 Å². The molecule has 27 heavy (non-hydrogen) atoms. The second-order valence-electron chi connectivity index (χ2n) is 6.43. The number of hydrogen-bond acceptors (Lipinski definition) is 3. The number of anilines is 1. The van der Waals surface area contributed by atoms with Crippen molar-refractivity contribution in [3.63, 3.8) is 0 Å². The van der Waals surface area contributed by atoms with Gasteiger partial charge in [-0.1, -0.05) is 54.6 Å². The number of rotatable bonds is 8. The van der Waals surface area contributed by atoms with Crippen LogP contribution in [-0.4, -0.2) is 39.2 Å². The van der Waals surface area contributed by atoms with Crippen molar-refractivity contribution in [1.82, 2.24) is 10.6 Å². The van der Waals surface area contributed by atoms with E-state index < -0.39 is 0 Å². The highest BCUT2D eigenvalue weighted by Crippen LogP contribution is 2.17. The van der Waals surface area contributed by atoms with Crippen LogP contribution in [0.3, 0.4) is 0 Å². The Bertz CT molecular complexity index is 733. The van der Waals surface area contributed by atoms with Crippen molar-refractivity contribution in [2.45, 2.75) is 13.2 Å². The molecule has 0 amide bonds. The monoisotopic (exact) mass is 364 g/mol. The number of guanidine groups is 1. The summed E-state index contributed by atoms with van der Waals surface area (Å²) in [5.41, 5.74) is 3.68. The topological polar surface area (TPSA) is 48.9 Å². The first-order chi connectivity index (χ1) is 13.3. The van der Waals surface area contributed by atoms with E-state index in [2.05, 4.69) is 69.1 Å². The molecule has 0 spiro atoms. The molecule has 0 atom stereocenters. The number of aliphatic imine (C=N–C) groups is 1. The molecule has 0 aromatic heterocycles. The van der Waals surface area contributed by atoms with E-state index in [4.69, 9.17) is 4.74 Å². The summed E-state index contributed by atoms with van der Waals surface area (Å²) in [4.78, 5) is 6.60. The molecule has 0 bridgehead atoms. The molecule has 0 fully saturated rings. The van der Waals surface area contributed by atoms with Gasteiger partial charge in [-0.2, -0.15) is 0 Å². The van der Waals surface area contributed by atoms with E-state index in [1.165, 1.54) is 16.8 Å². The highest BCUT2D eigenvalue weighted by Gasteiger charge is 2.07. The van der Waals surface area contributed by atoms with Crippen LogP contribution in [0.15, 0.2) is 71.7 Å². The molecule has 1 aliphatic rings. The lowest BCUT2D eigenvalue weighted by Crippen LogP contribution is -2.38. The highest BCUT2D eigenvalue weighted by atomic mass is 16.5. The Hall–Kier alpha value is -2.79. The van der Waals surface area contributed by atoms with Crippen LogP contribution >= 0.6 is 0 Å². The minimum Gasteiger partial charge on any atom is -0.375 e. The second kappa shape index (κ2) is 10.4. The fraction of sp³-hybridized carbons (Fsp3) is 0.318. The summed E-state index contributed by atoms with van der Waals surface area (Å²) in [6, 6.07) is 18.9. The minimum absolute atomic E-state index is 0.632. The van der Waals surface area contributed by atoms with Crippen LogP contribution in [0.2, 0.25) is 0 Å². The summed E-state index contributed by atoms with van der Waals surface area (Å²) in [7, 11) is 1.78. The van der Waals surface area contributed by atoms with Crippen LogP contribution < -0.4 is 15.5 Å². The summed E-state index contributed by atoms with van der Waals surface area (Å²) in [5, 5.41) is 6.62. The quantitative estimate of drug-likeness (QED) is 0.327. The van der Waals surface area contributed by atoms with E-state index in [1.807, 2.05) is 18.2 Å². The van der Waals surface area contributed by atoms with E-state index in [0.29, 0.717) is 19.8 Å². The molecule has 0 unspecified atom stereocenters. The molecule has 1 heterocycles. The Labute approximate surface area is 161 Å². The third-order valence-electron chi connectivity index (χ3n) is 4.45. The molecule has 5 nitrogen and oxygen atoms in total. The summed E-state index contributed by atoms with van der Waals surface area (Å²) in [6.07, 6.45) is 4.41. The molecule has 0 saturated carbocycles. The molecule has 0 saturated heterocycles. The van der Waals surface area contributed by atoms with Crippen LogP contribution in [0.5, 0.6) is 0 Å². The van der Waals surface area contributed by atoms with Gasteiger partial charge in [-0.15, -0.1) is 0 Å². The first-order valence-electron chi connectivity index (χ1n) is 9.40. The normalized spacial score (nSPS) is 13.8. The van der Waals surface area contributed by atoms with Gasteiger partial charge in [0.15, 0.2) is 5.96 Å². The van der Waals surface area contributed by atoms with Gasteiger partial charge < -0.3 is 20.3 Å². The summed E-state index contributed by atoms with van der Waals surface area (Å²) < 4.78 is 5.68. The molecule has 5 heteroatoms. The zero-order valence-electron chi connectivity index (χ0n) is 15.9. The molecule has 142 valence electrons. The maximum Gasteiger partial charge on any atom is 0.191 e. The van der Waals surface area contributed by atoms with E-state index >= 15 is 0 Å². The largest absolute Gasteiger partial charge is 0.375 e. The number of benzene rings is 2. The first kappa shape index (κ1) is 19.0. The lowest BCUT2D eigenvalue weighted by Gasteiger charge is -2.18. The number of hydrogen-bond donors (Lipinski definition) is 2. The Morgan fingerprint density at radius 1 is 0.963 bits per heavy atom. The molecule has 2 aromatic rings. The van der Waals surface area contributed by atoms with Gasteiger partial charge in [0, 0.05) is 38.9 Å². The SMILES string of the molecule is CN=C(NCCOCc1ccccc1)NCc1ccc(N2CC=CC2)cc1. The number of ether oxygens (including phenoxy) is 1. The molecule has 0 aliphatic carbocycles. The van der Waals surface area contributed by atoms with Crippen LogP contribution in [0.1, 0.15) is 11.1 Å². The number of nitrogens with zero attached hydrogens (tertiary/aromatic N) is 2. The van der Waals surface area contributed by atoms with E-state index in [9.17, 15) is 0 Å². The Balaban J connectivity index is 1.34. The molecular weight excluding hydrogens is 336 g/mol. The van der Waals surface area contributed by atoms with Crippen LogP contribution in [-0.2, 0) is 17.9 Å². The molecule has 1 aliphatic heterocycles. The summed E-state index contributed by atoms with van der Waals surface area (Å²) in [6.45, 7) is 4.72. The smallest absolute Gasteiger partial charge is 0.191 e. The summed E-state index contributed by atoms with van der Waals surface area (Å²) >= 11 is 0. The first-order valence-corrected chi connectivity index (χ1v) is 9.40. The second-order valence-corrected chi connectivity index (χ2v) is 6.43. The minimum atomic E-state index is 0.632. The predicted molar refractivity (Wildman–Crippen MR) is 112 cm³/mol. The molecule has 2 N–H and O–H groups in total. The van der Waals surface area contributed by atoms with Crippen molar-refractivity contribution >= 4 is 11.6 Å². The van der Waals surface area contributed by atoms with Gasteiger partial charge in [0.2, 0.25) is 0 Å². The standard InChI is InChI=1S/C22H28N4O/c1-23-22(24-13-16-27-18-20-7-3-2-4-8-20)25-17-19-9-11-21(12-10-19)26-14-5-6-15-26/h2-12H,13-18H2,1H3,(H2,23,24,25). The van der Waals surface area contributed by atoms with Crippen LogP contribution in [0.25, 0.3) is 0 Å². The van der Waals surface area contributed by atoms with Gasteiger partial charge >= 0.3 is 0 Å². The van der Waals surface area contributed by atoms with Crippen molar-refractivity contribution in [2.75, 3.05) is 38.2 Å². The van der Waals surface area contributed by atoms with E-state index in [-0.39, 0.29) is 0 Å². The molecular formula is C22H28N4O. The van der Waals surface area contributed by atoms with Gasteiger partial charge in [-0.25, -0.2) is 0 Å². The zero-order valence-corrected chi connectivity index (χ0v) is 15.9. The Kier molecular flexibility index (Phi) is 7.30. The van der Waals surface area contributed by atoms with Gasteiger partial charge in [-0.3, -0.25) is 4.99 Å². The highest BCUT2D eigenvalue weighted by molar-refractivity contribution is 5.79. The Morgan fingerprint density at radius 3 is 2.41 bits per heavy atom. The fourth-order valence-electron chi connectivity index (χ4n) is 2.93. The van der Waals surface area contributed by atoms with Crippen molar-refractivity contribution in [2.24, 2.45) is 4.99 Å². The lowest BCUT2D eigenvalue weighted by atomic mass is 10.2. The van der Waals surface area contributed by atoms with Gasteiger partial charge in [-0.05, 0) is 23.3 Å². The average molecular weight is 364 g/mol. The lowest BCUT2D eigenvalue weighted by molar-refractivity contribution is 0.125. The maximum atomic E-state index is 5.68. The van der Waals surface area contributed by atoms with Crippen molar-refractivity contribution in [3.8, 4) is 0 Å². The Morgan fingerprint density at radius 2 is 1.70 bits per heavy atom. The van der Waals surface area contributed by atoms with Gasteiger partial charge in [0.25, 0.3) is 0 Å². The van der Waals surface area contributed by atoms with Crippen molar-refractivity contribution in [1.29, 1.82) is 0 Å². The third kappa shape index (κ3) is 6.15. The fourth-order valence-corrected chi connectivity index (χ4v) is 2.93. The average Bonchev–Trinajstić information content (AvgIpc) is 3.26. The van der Waals surface area contributed by atoms with E-state index in [1.54, 1.807) is 7.05 Å². The predicted octanol–water partition coefficient (Wildman–Crippen LogP) is 2.94. The maximum absolute atomic E-state index is 5.68. The molecule has 3 rings (SSSR count). The molecule has 2 aromatic carbocycles. The van der Waals surface area contributed by atoms with Crippen molar-refractivity contribution in [3.05, 3.63) is 77.9 Å². The van der Waals surface area contributed by atoms with Crippen LogP contribution in [0.4, 0.5) is 5.69 Å². The third-order valence-corrected chi connectivity index (χ3v) is 4.45. The molecule has 0 radical (unpaired) electrons. The van der Waals surface area contributed by atoms with Gasteiger partial charge in [0.1, 0.15) is 0 Å². The summed E-state index contributed by atoms with van der Waals surface area (Å²) in [5.74, 6) is 0.783. The number of nitrogens with one attached hydrogen (secondary N) is 2.